The third-order valence-electron chi connectivity index (χ3n) is 4.42. The zero-order valence-electron chi connectivity index (χ0n) is 12.8. The fourth-order valence-corrected chi connectivity index (χ4v) is 5.46. The summed E-state index contributed by atoms with van der Waals surface area (Å²) in [6.07, 6.45) is 0. The number of halogens is 2. The maximum atomic E-state index is 2.45. The van der Waals surface area contributed by atoms with E-state index in [1.165, 1.54) is 5.57 Å². The molecule has 1 aliphatic rings. The van der Waals surface area contributed by atoms with Gasteiger partial charge in [0.25, 0.3) is 0 Å². The second-order valence-corrected chi connectivity index (χ2v) is 10.1. The topological polar surface area (TPSA) is 3.24 Å². The first kappa shape index (κ1) is 24.0. The molecule has 5 heteroatoms. The number of allylic oxidation sites excluding steroid dienone is 4. The molecule has 0 aromatic rings. The van der Waals surface area contributed by atoms with Crippen LogP contribution in [0.1, 0.15) is 27.7 Å². The van der Waals surface area contributed by atoms with Crippen LogP contribution in [-0.2, 0) is 21.7 Å². The van der Waals surface area contributed by atoms with Crippen LogP contribution in [0.2, 0.25) is 13.1 Å². The predicted octanol–water partition coefficient (Wildman–Crippen LogP) is -2.40. The van der Waals surface area contributed by atoms with E-state index in [2.05, 4.69) is 59.4 Å². The molecule has 0 aliphatic heterocycles. The van der Waals surface area contributed by atoms with Gasteiger partial charge in [-0.3, -0.25) is 0 Å². The molecule has 0 spiro atoms. The van der Waals surface area contributed by atoms with Crippen LogP contribution in [-0.4, -0.2) is 26.9 Å². The van der Waals surface area contributed by atoms with Crippen LogP contribution in [0.15, 0.2) is 21.9 Å². The normalized spacial score (nSPS) is 19.5. The van der Waals surface area contributed by atoms with E-state index >= 15 is 0 Å². The van der Waals surface area contributed by atoms with Gasteiger partial charge < -0.3 is 29.4 Å². The Balaban J connectivity index is -0.000000750. The number of hydrogen-bond acceptors (Lipinski definition) is 1. The van der Waals surface area contributed by atoms with Crippen molar-refractivity contribution in [2.75, 3.05) is 14.1 Å². The monoisotopic (exact) mass is 341 g/mol. The number of nitrogens with zero attached hydrogens (tertiary/aromatic N) is 1. The van der Waals surface area contributed by atoms with Gasteiger partial charge in [-0.15, -0.1) is 0 Å². The summed E-state index contributed by atoms with van der Waals surface area (Å²) >= 11 is 0. The molecule has 1 unspecified atom stereocenters. The molecule has 1 aliphatic carbocycles. The van der Waals surface area contributed by atoms with Gasteiger partial charge in [0, 0.05) is 0 Å². The zero-order valence-corrected chi connectivity index (χ0v) is 16.9. The Labute approximate surface area is 141 Å². The van der Waals surface area contributed by atoms with Crippen LogP contribution >= 0.6 is 0 Å². The third-order valence-corrected chi connectivity index (χ3v) is 8.78. The molecule has 0 radical (unpaired) electrons. The van der Waals surface area contributed by atoms with Crippen molar-refractivity contribution in [3.63, 3.8) is 0 Å². The van der Waals surface area contributed by atoms with E-state index < -0.39 is 8.24 Å². The summed E-state index contributed by atoms with van der Waals surface area (Å²) in [4.78, 5) is 0. The molecule has 1 atom stereocenters. The average Bonchev–Trinajstić information content (AvgIpc) is 2.31. The van der Waals surface area contributed by atoms with Crippen LogP contribution in [0.5, 0.6) is 0 Å². The molecule has 1 rings (SSSR count). The molecule has 1 nitrogen and oxygen atoms in total. The van der Waals surface area contributed by atoms with Crippen LogP contribution < -0.4 is 24.8 Å². The molecule has 0 fully saturated rings. The van der Waals surface area contributed by atoms with Crippen LogP contribution in [0.3, 0.4) is 0 Å². The number of hydrogen-bond donors (Lipinski definition) is 0. The second kappa shape index (κ2) is 8.29. The van der Waals surface area contributed by atoms with Gasteiger partial charge in [-0.1, -0.05) is 36.4 Å². The van der Waals surface area contributed by atoms with Crippen molar-refractivity contribution >= 4 is 8.24 Å². The van der Waals surface area contributed by atoms with Crippen LogP contribution in [0.25, 0.3) is 0 Å². The van der Waals surface area contributed by atoms with E-state index in [1.54, 1.807) is 16.3 Å². The standard InChI is InChI=1S/C13H25NSi.2ClH.Ti/c1-9-10(2)12(4)13(11(9)3)15(7,8)14(5)6;;;/h11H,1-8H3;2*1H;/q;;;+2/p-2. The Bertz CT molecular complexity index is 349. The Morgan fingerprint density at radius 2 is 1.33 bits per heavy atom. The first-order valence-corrected chi connectivity index (χ1v) is 8.72. The molecular formula is C13H25Cl2NSiTi. The summed E-state index contributed by atoms with van der Waals surface area (Å²) in [5, 5.41) is 1.72. The van der Waals surface area contributed by atoms with Gasteiger partial charge in [0.05, 0.1) is 0 Å². The molecule has 104 valence electrons. The van der Waals surface area contributed by atoms with Crippen molar-refractivity contribution in [2.45, 2.75) is 40.8 Å². The molecule has 0 heterocycles. The van der Waals surface area contributed by atoms with E-state index in [-0.39, 0.29) is 46.5 Å². The minimum Gasteiger partial charge on any atom is -1.00 e. The summed E-state index contributed by atoms with van der Waals surface area (Å²) in [5.41, 5.74) is 4.66. The smallest absolute Gasteiger partial charge is 1.00 e. The summed E-state index contributed by atoms with van der Waals surface area (Å²) in [7, 11) is 3.06. The average molecular weight is 342 g/mol. The molecule has 0 amide bonds. The quantitative estimate of drug-likeness (QED) is 0.506. The zero-order chi connectivity index (χ0) is 12.0. The Morgan fingerprint density at radius 1 is 0.944 bits per heavy atom. The van der Waals surface area contributed by atoms with Crippen LogP contribution in [0, 0.1) is 5.92 Å². The van der Waals surface area contributed by atoms with Gasteiger partial charge in [0.2, 0.25) is 0 Å². The largest absolute Gasteiger partial charge is 2.00 e. The van der Waals surface area contributed by atoms with Gasteiger partial charge in [0.1, 0.15) is 0 Å². The Morgan fingerprint density at radius 3 is 1.56 bits per heavy atom. The maximum absolute atomic E-state index is 2.45. The first-order valence-electron chi connectivity index (χ1n) is 5.77. The molecule has 0 bridgehead atoms. The molecule has 0 saturated heterocycles. The summed E-state index contributed by atoms with van der Waals surface area (Å²) in [6, 6.07) is 0. The van der Waals surface area contributed by atoms with E-state index in [1.807, 2.05) is 0 Å². The van der Waals surface area contributed by atoms with E-state index in [4.69, 9.17) is 0 Å². The van der Waals surface area contributed by atoms with Crippen molar-refractivity contribution in [2.24, 2.45) is 5.92 Å². The van der Waals surface area contributed by atoms with Crippen molar-refractivity contribution < 1.29 is 46.5 Å². The molecule has 18 heavy (non-hydrogen) atoms. The van der Waals surface area contributed by atoms with Gasteiger partial charge in [0.15, 0.2) is 8.24 Å². The number of rotatable bonds is 2. The fraction of sp³-hybridized carbons (Fsp3) is 0.692. The Hall–Kier alpha value is 0.951. The fourth-order valence-electron chi connectivity index (χ4n) is 2.59. The van der Waals surface area contributed by atoms with Crippen molar-refractivity contribution in [1.29, 1.82) is 0 Å². The SMILES string of the molecule is CC1=C(C)C(C)C([Si](C)(C)N(C)C)=C1C.[Cl-].[Cl-].[Ti+2]. The molecule has 0 N–H and O–H groups in total. The van der Waals surface area contributed by atoms with Gasteiger partial charge in [-0.2, -0.15) is 0 Å². The van der Waals surface area contributed by atoms with Gasteiger partial charge >= 0.3 is 21.7 Å². The Kier molecular flexibility index (Phi) is 11.0. The van der Waals surface area contributed by atoms with E-state index in [0.29, 0.717) is 5.92 Å². The third kappa shape index (κ3) is 3.97. The molecule has 0 aromatic heterocycles. The van der Waals surface area contributed by atoms with Crippen molar-refractivity contribution in [3.05, 3.63) is 21.9 Å². The summed E-state index contributed by atoms with van der Waals surface area (Å²) in [6.45, 7) is 14.1. The van der Waals surface area contributed by atoms with E-state index in [0.717, 1.165) is 0 Å². The van der Waals surface area contributed by atoms with Crippen LogP contribution in [0.4, 0.5) is 0 Å². The minimum absolute atomic E-state index is 0. The minimum atomic E-state index is -1.39. The van der Waals surface area contributed by atoms with Gasteiger partial charge in [-0.05, 0) is 46.4 Å². The summed E-state index contributed by atoms with van der Waals surface area (Å²) < 4.78 is 2.45. The maximum Gasteiger partial charge on any atom is 2.00 e. The predicted molar refractivity (Wildman–Crippen MR) is 71.4 cm³/mol. The molecule has 0 aromatic carbocycles. The summed E-state index contributed by atoms with van der Waals surface area (Å²) in [5.74, 6) is 0.661. The van der Waals surface area contributed by atoms with Crippen molar-refractivity contribution in [3.8, 4) is 0 Å². The van der Waals surface area contributed by atoms with E-state index in [9.17, 15) is 0 Å². The first-order chi connectivity index (χ1) is 6.71. The second-order valence-electron chi connectivity index (χ2n) is 5.52. The molecular weight excluding hydrogens is 317 g/mol. The van der Waals surface area contributed by atoms with Gasteiger partial charge in [-0.25, -0.2) is 0 Å². The van der Waals surface area contributed by atoms with Crippen molar-refractivity contribution in [1.82, 2.24) is 4.57 Å². The molecule has 0 saturated carbocycles.